The van der Waals surface area contributed by atoms with Crippen LogP contribution in [0.3, 0.4) is 0 Å². The van der Waals surface area contributed by atoms with E-state index in [4.69, 9.17) is 0 Å². The van der Waals surface area contributed by atoms with Crippen molar-refractivity contribution in [3.8, 4) is 0 Å². The first-order valence-electron chi connectivity index (χ1n) is 5.50. The Morgan fingerprint density at radius 1 is 1.12 bits per heavy atom. The van der Waals surface area contributed by atoms with E-state index in [1.54, 1.807) is 0 Å². The smallest absolute Gasteiger partial charge is 0.130 e. The average Bonchev–Trinajstić information content (AvgIpc) is 2.25. The first-order chi connectivity index (χ1) is 7.65. The molecule has 2 nitrogen and oxygen atoms in total. The Balaban J connectivity index is 1.98. The molecule has 0 radical (unpaired) electrons. The molecular formula is C12H16F2N2. The van der Waals surface area contributed by atoms with Crippen LogP contribution in [0.4, 0.5) is 8.78 Å². The van der Waals surface area contributed by atoms with E-state index in [-0.39, 0.29) is 0 Å². The minimum absolute atomic E-state index is 0.445. The van der Waals surface area contributed by atoms with E-state index in [9.17, 15) is 8.78 Å². The van der Waals surface area contributed by atoms with Gasteiger partial charge in [0, 0.05) is 44.4 Å². The SMILES string of the molecule is CN1CCN(Cc2ccc(F)cc2F)CC1. The lowest BCUT2D eigenvalue weighted by Crippen LogP contribution is -2.44. The Morgan fingerprint density at radius 3 is 2.44 bits per heavy atom. The summed E-state index contributed by atoms with van der Waals surface area (Å²) in [7, 11) is 2.08. The molecule has 0 aliphatic carbocycles. The highest BCUT2D eigenvalue weighted by atomic mass is 19.1. The summed E-state index contributed by atoms with van der Waals surface area (Å²) in [6.45, 7) is 4.45. The van der Waals surface area contributed by atoms with Gasteiger partial charge in [0.2, 0.25) is 0 Å². The molecule has 4 heteroatoms. The molecule has 88 valence electrons. The summed E-state index contributed by atoms with van der Waals surface area (Å²) in [6.07, 6.45) is 0. The third kappa shape index (κ3) is 2.77. The second-order valence-corrected chi connectivity index (χ2v) is 4.32. The van der Waals surface area contributed by atoms with Gasteiger partial charge in [-0.25, -0.2) is 8.78 Å². The first kappa shape index (κ1) is 11.5. The number of hydrogen-bond acceptors (Lipinski definition) is 2. The molecule has 0 N–H and O–H groups in total. The lowest BCUT2D eigenvalue weighted by atomic mass is 10.2. The summed E-state index contributed by atoms with van der Waals surface area (Å²) >= 11 is 0. The normalized spacial score (nSPS) is 18.9. The van der Waals surface area contributed by atoms with Crippen LogP contribution in [0.5, 0.6) is 0 Å². The summed E-state index contributed by atoms with van der Waals surface area (Å²) in [4.78, 5) is 4.44. The minimum atomic E-state index is -0.514. The molecule has 1 aliphatic rings. The Labute approximate surface area is 94.5 Å². The van der Waals surface area contributed by atoms with Gasteiger partial charge in [-0.1, -0.05) is 6.07 Å². The van der Waals surface area contributed by atoms with Crippen LogP contribution < -0.4 is 0 Å². The van der Waals surface area contributed by atoms with Gasteiger partial charge in [-0.15, -0.1) is 0 Å². The summed E-state index contributed by atoms with van der Waals surface area (Å²) in [5.41, 5.74) is 0.575. The van der Waals surface area contributed by atoms with Crippen molar-refractivity contribution in [1.29, 1.82) is 0 Å². The number of hydrogen-bond donors (Lipinski definition) is 0. The van der Waals surface area contributed by atoms with Crippen molar-refractivity contribution in [3.05, 3.63) is 35.4 Å². The standard InChI is InChI=1S/C12H16F2N2/c1-15-4-6-16(7-5-15)9-10-2-3-11(13)8-12(10)14/h2-3,8H,4-7,9H2,1H3. The van der Waals surface area contributed by atoms with Crippen LogP contribution in [-0.4, -0.2) is 43.0 Å². The summed E-state index contributed by atoms with van der Waals surface area (Å²) in [5.74, 6) is -0.960. The summed E-state index contributed by atoms with van der Waals surface area (Å²) in [5, 5.41) is 0. The van der Waals surface area contributed by atoms with E-state index in [0.29, 0.717) is 12.1 Å². The summed E-state index contributed by atoms with van der Waals surface area (Å²) in [6, 6.07) is 3.79. The highest BCUT2D eigenvalue weighted by Crippen LogP contribution is 2.13. The second kappa shape index (κ2) is 4.89. The van der Waals surface area contributed by atoms with Gasteiger partial charge in [0.05, 0.1) is 0 Å². The van der Waals surface area contributed by atoms with Crippen LogP contribution in [0.15, 0.2) is 18.2 Å². The zero-order chi connectivity index (χ0) is 11.5. The maximum Gasteiger partial charge on any atom is 0.130 e. The zero-order valence-electron chi connectivity index (χ0n) is 9.42. The van der Waals surface area contributed by atoms with E-state index in [1.807, 2.05) is 0 Å². The van der Waals surface area contributed by atoms with Gasteiger partial charge in [0.15, 0.2) is 0 Å². The number of rotatable bonds is 2. The lowest BCUT2D eigenvalue weighted by molar-refractivity contribution is 0.147. The second-order valence-electron chi connectivity index (χ2n) is 4.32. The van der Waals surface area contributed by atoms with Gasteiger partial charge in [-0.05, 0) is 13.1 Å². The molecule has 16 heavy (non-hydrogen) atoms. The lowest BCUT2D eigenvalue weighted by Gasteiger charge is -2.32. The van der Waals surface area contributed by atoms with Crippen molar-refractivity contribution in [2.24, 2.45) is 0 Å². The molecule has 0 atom stereocenters. The van der Waals surface area contributed by atoms with Gasteiger partial charge >= 0.3 is 0 Å². The highest BCUT2D eigenvalue weighted by molar-refractivity contribution is 5.18. The Kier molecular flexibility index (Phi) is 3.51. The first-order valence-corrected chi connectivity index (χ1v) is 5.50. The molecular weight excluding hydrogens is 210 g/mol. The van der Waals surface area contributed by atoms with Crippen molar-refractivity contribution >= 4 is 0 Å². The van der Waals surface area contributed by atoms with Crippen molar-refractivity contribution < 1.29 is 8.78 Å². The number of nitrogens with zero attached hydrogens (tertiary/aromatic N) is 2. The molecule has 1 fully saturated rings. The third-order valence-corrected chi connectivity index (χ3v) is 3.00. The number of halogens is 2. The number of benzene rings is 1. The zero-order valence-corrected chi connectivity index (χ0v) is 9.42. The Hall–Kier alpha value is -1.00. The molecule has 1 aliphatic heterocycles. The average molecular weight is 226 g/mol. The largest absolute Gasteiger partial charge is 0.304 e. The Bertz CT molecular complexity index is 360. The minimum Gasteiger partial charge on any atom is -0.304 e. The molecule has 1 aromatic carbocycles. The van der Waals surface area contributed by atoms with E-state index in [0.717, 1.165) is 32.2 Å². The van der Waals surface area contributed by atoms with Crippen molar-refractivity contribution in [2.75, 3.05) is 33.2 Å². The molecule has 2 rings (SSSR count). The van der Waals surface area contributed by atoms with Crippen LogP contribution in [0.25, 0.3) is 0 Å². The fourth-order valence-electron chi connectivity index (χ4n) is 1.90. The number of likely N-dealkylation sites (N-methyl/N-ethyl adjacent to an activating group) is 1. The Morgan fingerprint density at radius 2 is 1.81 bits per heavy atom. The van der Waals surface area contributed by atoms with Crippen LogP contribution in [0.1, 0.15) is 5.56 Å². The monoisotopic (exact) mass is 226 g/mol. The highest BCUT2D eigenvalue weighted by Gasteiger charge is 2.15. The van der Waals surface area contributed by atoms with Crippen LogP contribution in [-0.2, 0) is 6.54 Å². The molecule has 0 saturated carbocycles. The molecule has 0 aromatic heterocycles. The number of piperazine rings is 1. The van der Waals surface area contributed by atoms with E-state index >= 15 is 0 Å². The van der Waals surface area contributed by atoms with Gasteiger partial charge in [0.1, 0.15) is 11.6 Å². The van der Waals surface area contributed by atoms with Crippen molar-refractivity contribution in [3.63, 3.8) is 0 Å². The predicted molar refractivity (Wildman–Crippen MR) is 59.1 cm³/mol. The van der Waals surface area contributed by atoms with Gasteiger partial charge in [-0.3, -0.25) is 4.90 Å². The molecule has 0 spiro atoms. The van der Waals surface area contributed by atoms with E-state index in [2.05, 4.69) is 16.8 Å². The van der Waals surface area contributed by atoms with Crippen molar-refractivity contribution in [1.82, 2.24) is 9.80 Å². The van der Waals surface area contributed by atoms with Crippen LogP contribution in [0.2, 0.25) is 0 Å². The van der Waals surface area contributed by atoms with Gasteiger partial charge in [-0.2, -0.15) is 0 Å². The molecule has 1 aromatic rings. The maximum absolute atomic E-state index is 13.4. The fraction of sp³-hybridized carbons (Fsp3) is 0.500. The van der Waals surface area contributed by atoms with Gasteiger partial charge < -0.3 is 4.90 Å². The quantitative estimate of drug-likeness (QED) is 0.757. The van der Waals surface area contributed by atoms with Crippen LogP contribution >= 0.6 is 0 Å². The van der Waals surface area contributed by atoms with Crippen molar-refractivity contribution in [2.45, 2.75) is 6.54 Å². The third-order valence-electron chi connectivity index (χ3n) is 3.00. The summed E-state index contributed by atoms with van der Waals surface area (Å²) < 4.78 is 26.1. The topological polar surface area (TPSA) is 6.48 Å². The van der Waals surface area contributed by atoms with E-state index in [1.165, 1.54) is 12.1 Å². The maximum atomic E-state index is 13.4. The molecule has 0 unspecified atom stereocenters. The van der Waals surface area contributed by atoms with E-state index < -0.39 is 11.6 Å². The van der Waals surface area contributed by atoms with Gasteiger partial charge in [0.25, 0.3) is 0 Å². The molecule has 0 amide bonds. The molecule has 1 saturated heterocycles. The molecule has 1 heterocycles. The predicted octanol–water partition coefficient (Wildman–Crippen LogP) is 1.71. The molecule has 0 bridgehead atoms. The fourth-order valence-corrected chi connectivity index (χ4v) is 1.90. The van der Waals surface area contributed by atoms with Crippen LogP contribution in [0, 0.1) is 11.6 Å².